The third-order valence-electron chi connectivity index (χ3n) is 2.96. The monoisotopic (exact) mass is 185 g/mol. The van der Waals surface area contributed by atoms with Gasteiger partial charge < -0.3 is 4.90 Å². The first-order valence-corrected chi connectivity index (χ1v) is 5.80. The highest BCUT2D eigenvalue weighted by atomic mass is 15.1. The van der Waals surface area contributed by atoms with Crippen LogP contribution < -0.4 is 0 Å². The van der Waals surface area contributed by atoms with Gasteiger partial charge in [-0.1, -0.05) is 40.5 Å². The van der Waals surface area contributed by atoms with Gasteiger partial charge in [-0.05, 0) is 31.8 Å². The first kappa shape index (κ1) is 13.0. The largest absolute Gasteiger partial charge is 0.306 e. The van der Waals surface area contributed by atoms with Crippen molar-refractivity contribution in [3.8, 4) is 0 Å². The highest BCUT2D eigenvalue weighted by Crippen LogP contribution is 2.18. The molecule has 1 unspecified atom stereocenters. The second-order valence-electron chi connectivity index (χ2n) is 4.50. The third-order valence-corrected chi connectivity index (χ3v) is 2.96. The van der Waals surface area contributed by atoms with Gasteiger partial charge in [0.25, 0.3) is 0 Å². The van der Waals surface area contributed by atoms with E-state index in [0.29, 0.717) is 0 Å². The summed E-state index contributed by atoms with van der Waals surface area (Å²) in [7, 11) is 2.22. The molecular formula is C12H27N. The molecule has 0 N–H and O–H groups in total. The number of unbranched alkanes of at least 4 members (excludes halogenated alkanes) is 1. The van der Waals surface area contributed by atoms with E-state index in [9.17, 15) is 0 Å². The molecule has 0 saturated carbocycles. The number of rotatable bonds is 7. The van der Waals surface area contributed by atoms with Gasteiger partial charge in [-0.2, -0.15) is 0 Å². The van der Waals surface area contributed by atoms with E-state index in [0.717, 1.165) is 11.8 Å². The second-order valence-corrected chi connectivity index (χ2v) is 4.50. The van der Waals surface area contributed by atoms with Crippen LogP contribution in [0.1, 0.15) is 47.0 Å². The van der Waals surface area contributed by atoms with E-state index in [4.69, 9.17) is 0 Å². The van der Waals surface area contributed by atoms with E-state index in [-0.39, 0.29) is 0 Å². The number of nitrogens with zero attached hydrogens (tertiary/aromatic N) is 1. The molecule has 1 heteroatoms. The van der Waals surface area contributed by atoms with Crippen molar-refractivity contribution in [1.29, 1.82) is 0 Å². The summed E-state index contributed by atoms with van der Waals surface area (Å²) >= 11 is 0. The first-order valence-electron chi connectivity index (χ1n) is 5.80. The Hall–Kier alpha value is -0.0400. The molecule has 13 heavy (non-hydrogen) atoms. The van der Waals surface area contributed by atoms with Gasteiger partial charge in [-0.3, -0.25) is 0 Å². The number of hydrogen-bond donors (Lipinski definition) is 0. The highest BCUT2D eigenvalue weighted by Gasteiger charge is 2.13. The van der Waals surface area contributed by atoms with Crippen LogP contribution in [-0.4, -0.2) is 25.0 Å². The minimum atomic E-state index is 0.834. The summed E-state index contributed by atoms with van der Waals surface area (Å²) in [6, 6.07) is 0. The van der Waals surface area contributed by atoms with E-state index in [1.54, 1.807) is 0 Å². The molecule has 0 aromatic carbocycles. The lowest BCUT2D eigenvalue weighted by Gasteiger charge is -2.25. The third kappa shape index (κ3) is 6.09. The predicted molar refractivity (Wildman–Crippen MR) is 61.0 cm³/mol. The van der Waals surface area contributed by atoms with Gasteiger partial charge in [0, 0.05) is 6.54 Å². The summed E-state index contributed by atoms with van der Waals surface area (Å²) < 4.78 is 0. The average molecular weight is 185 g/mol. The summed E-state index contributed by atoms with van der Waals surface area (Å²) in [6.07, 6.45) is 4.12. The first-order chi connectivity index (χ1) is 6.11. The summed E-state index contributed by atoms with van der Waals surface area (Å²) in [4.78, 5) is 2.43. The van der Waals surface area contributed by atoms with Crippen LogP contribution >= 0.6 is 0 Å². The lowest BCUT2D eigenvalue weighted by atomic mass is 9.90. The quantitative estimate of drug-likeness (QED) is 0.587. The van der Waals surface area contributed by atoms with Crippen molar-refractivity contribution >= 4 is 0 Å². The van der Waals surface area contributed by atoms with E-state index in [2.05, 4.69) is 39.6 Å². The van der Waals surface area contributed by atoms with Gasteiger partial charge in [0.2, 0.25) is 0 Å². The second kappa shape index (κ2) is 7.37. The maximum atomic E-state index is 2.43. The summed E-state index contributed by atoms with van der Waals surface area (Å²) in [5.74, 6) is 1.73. The summed E-state index contributed by atoms with van der Waals surface area (Å²) in [6.45, 7) is 11.7. The van der Waals surface area contributed by atoms with Crippen molar-refractivity contribution in [2.24, 2.45) is 11.8 Å². The highest BCUT2D eigenvalue weighted by molar-refractivity contribution is 4.66. The molecule has 0 aromatic heterocycles. The van der Waals surface area contributed by atoms with Crippen molar-refractivity contribution in [1.82, 2.24) is 4.90 Å². The van der Waals surface area contributed by atoms with E-state index in [1.165, 1.54) is 32.4 Å². The molecule has 80 valence electrons. The fourth-order valence-electron chi connectivity index (χ4n) is 1.63. The van der Waals surface area contributed by atoms with Crippen molar-refractivity contribution in [2.75, 3.05) is 20.1 Å². The van der Waals surface area contributed by atoms with Crippen LogP contribution in [0.3, 0.4) is 0 Å². The zero-order valence-electron chi connectivity index (χ0n) is 10.1. The maximum absolute atomic E-state index is 2.43. The Bertz CT molecular complexity index is 110. The molecule has 0 rings (SSSR count). The SMILES string of the molecule is CCCCC(CN(C)CC)C(C)C. The Morgan fingerprint density at radius 1 is 1.15 bits per heavy atom. The molecule has 0 saturated heterocycles. The van der Waals surface area contributed by atoms with Crippen LogP contribution in [0.25, 0.3) is 0 Å². The minimum absolute atomic E-state index is 0.834. The van der Waals surface area contributed by atoms with Crippen LogP contribution in [0, 0.1) is 11.8 Å². The Morgan fingerprint density at radius 2 is 1.77 bits per heavy atom. The molecule has 0 fully saturated rings. The van der Waals surface area contributed by atoms with Gasteiger partial charge in [0.1, 0.15) is 0 Å². The lowest BCUT2D eigenvalue weighted by molar-refractivity contribution is 0.230. The van der Waals surface area contributed by atoms with E-state index < -0.39 is 0 Å². The summed E-state index contributed by atoms with van der Waals surface area (Å²) in [5, 5.41) is 0. The van der Waals surface area contributed by atoms with E-state index >= 15 is 0 Å². The molecule has 0 aromatic rings. The van der Waals surface area contributed by atoms with Crippen molar-refractivity contribution in [3.63, 3.8) is 0 Å². The maximum Gasteiger partial charge on any atom is 0.000893 e. The van der Waals surface area contributed by atoms with Gasteiger partial charge in [-0.25, -0.2) is 0 Å². The van der Waals surface area contributed by atoms with Crippen molar-refractivity contribution < 1.29 is 0 Å². The van der Waals surface area contributed by atoms with Crippen LogP contribution in [0.4, 0.5) is 0 Å². The average Bonchev–Trinajstić information content (AvgIpc) is 2.11. The van der Waals surface area contributed by atoms with Gasteiger partial charge in [0.05, 0.1) is 0 Å². The fraction of sp³-hybridized carbons (Fsp3) is 1.00. The molecule has 0 aliphatic rings. The summed E-state index contributed by atoms with van der Waals surface area (Å²) in [5.41, 5.74) is 0. The van der Waals surface area contributed by atoms with Gasteiger partial charge in [0.15, 0.2) is 0 Å². The van der Waals surface area contributed by atoms with Crippen molar-refractivity contribution in [2.45, 2.75) is 47.0 Å². The van der Waals surface area contributed by atoms with Gasteiger partial charge in [-0.15, -0.1) is 0 Å². The Morgan fingerprint density at radius 3 is 2.15 bits per heavy atom. The minimum Gasteiger partial charge on any atom is -0.306 e. The Labute approximate surface area is 84.5 Å². The van der Waals surface area contributed by atoms with E-state index in [1.807, 2.05) is 0 Å². The molecule has 0 amide bonds. The molecular weight excluding hydrogens is 158 g/mol. The van der Waals surface area contributed by atoms with Crippen LogP contribution in [0.15, 0.2) is 0 Å². The normalized spacial score (nSPS) is 14.1. The van der Waals surface area contributed by atoms with Crippen molar-refractivity contribution in [3.05, 3.63) is 0 Å². The van der Waals surface area contributed by atoms with Crippen LogP contribution in [0.2, 0.25) is 0 Å². The molecule has 0 bridgehead atoms. The Balaban J connectivity index is 3.79. The fourth-order valence-corrected chi connectivity index (χ4v) is 1.63. The zero-order valence-corrected chi connectivity index (χ0v) is 10.1. The molecule has 0 aliphatic carbocycles. The molecule has 0 radical (unpaired) electrons. The van der Waals surface area contributed by atoms with Crippen LogP contribution in [-0.2, 0) is 0 Å². The predicted octanol–water partition coefficient (Wildman–Crippen LogP) is 3.40. The lowest BCUT2D eigenvalue weighted by Crippen LogP contribution is -2.28. The topological polar surface area (TPSA) is 3.24 Å². The Kier molecular flexibility index (Phi) is 7.35. The zero-order chi connectivity index (χ0) is 10.3. The molecule has 1 nitrogen and oxygen atoms in total. The molecule has 1 atom stereocenters. The molecule has 0 spiro atoms. The van der Waals surface area contributed by atoms with Gasteiger partial charge >= 0.3 is 0 Å². The molecule has 0 aliphatic heterocycles. The smallest absolute Gasteiger partial charge is 0.000893 e. The van der Waals surface area contributed by atoms with Crippen LogP contribution in [0.5, 0.6) is 0 Å². The standard InChI is InChI=1S/C12H27N/c1-6-8-9-12(11(3)4)10-13(5)7-2/h11-12H,6-10H2,1-5H3. The number of hydrogen-bond acceptors (Lipinski definition) is 1. The molecule has 0 heterocycles.